The van der Waals surface area contributed by atoms with Crippen LogP contribution in [0.25, 0.3) is 0 Å². The molecular formula is C7H12LiNO4S. The second kappa shape index (κ2) is 7.07. The van der Waals surface area contributed by atoms with Gasteiger partial charge in [0.15, 0.2) is 0 Å². The second-order valence-electron chi connectivity index (χ2n) is 2.47. The number of hydrogen-bond acceptors (Lipinski definition) is 4. The summed E-state index contributed by atoms with van der Waals surface area (Å²) in [6, 6.07) is 0. The van der Waals surface area contributed by atoms with E-state index in [4.69, 9.17) is 0 Å². The van der Waals surface area contributed by atoms with Crippen LogP contribution in [-0.2, 0) is 14.9 Å². The van der Waals surface area contributed by atoms with Crippen LogP contribution in [-0.4, -0.2) is 30.7 Å². The predicted octanol–water partition coefficient (Wildman–Crippen LogP) is -3.38. The van der Waals surface area contributed by atoms with Crippen molar-refractivity contribution in [3.8, 4) is 0 Å². The molecule has 0 aromatic heterocycles. The molecule has 0 aliphatic rings. The number of carbonyl (C=O) groups excluding carboxylic acids is 1. The molecule has 0 bridgehead atoms. The van der Waals surface area contributed by atoms with E-state index in [0.29, 0.717) is 0 Å². The SMILES string of the molecule is C=CC(=O)NCC(CC)S(=O)(=O)[O-].[Li+]. The Kier molecular flexibility index (Phi) is 8.16. The van der Waals surface area contributed by atoms with Gasteiger partial charge in [-0.2, -0.15) is 0 Å². The molecule has 0 heterocycles. The molecule has 7 heteroatoms. The third-order valence-electron chi connectivity index (χ3n) is 1.55. The van der Waals surface area contributed by atoms with Crippen molar-refractivity contribution < 1.29 is 36.6 Å². The van der Waals surface area contributed by atoms with Gasteiger partial charge in [0, 0.05) is 6.54 Å². The van der Waals surface area contributed by atoms with E-state index < -0.39 is 21.3 Å². The molecule has 0 aromatic rings. The van der Waals surface area contributed by atoms with Gasteiger partial charge in [0.1, 0.15) is 0 Å². The zero-order valence-corrected chi connectivity index (χ0v) is 9.13. The van der Waals surface area contributed by atoms with Crippen LogP contribution in [0.4, 0.5) is 0 Å². The van der Waals surface area contributed by atoms with Gasteiger partial charge in [-0.3, -0.25) is 4.79 Å². The first-order chi connectivity index (χ1) is 5.91. The Balaban J connectivity index is 0. The van der Waals surface area contributed by atoms with Gasteiger partial charge in [-0.25, -0.2) is 8.42 Å². The quantitative estimate of drug-likeness (QED) is 0.293. The van der Waals surface area contributed by atoms with Crippen LogP contribution < -0.4 is 24.2 Å². The van der Waals surface area contributed by atoms with Crippen LogP contribution in [0.2, 0.25) is 0 Å². The fraction of sp³-hybridized carbons (Fsp3) is 0.571. The maximum absolute atomic E-state index is 10.6. The number of rotatable bonds is 5. The van der Waals surface area contributed by atoms with E-state index in [0.717, 1.165) is 6.08 Å². The molecule has 0 aliphatic heterocycles. The first kappa shape index (κ1) is 16.2. The normalized spacial score (nSPS) is 12.4. The van der Waals surface area contributed by atoms with E-state index >= 15 is 0 Å². The zero-order valence-electron chi connectivity index (χ0n) is 8.32. The minimum Gasteiger partial charge on any atom is -0.748 e. The third kappa shape index (κ3) is 6.21. The van der Waals surface area contributed by atoms with Gasteiger partial charge in [-0.1, -0.05) is 13.5 Å². The number of nitrogens with one attached hydrogen (secondary N) is 1. The molecule has 5 nitrogen and oxygen atoms in total. The average molecular weight is 213 g/mol. The largest absolute Gasteiger partial charge is 1.00 e. The molecule has 0 spiro atoms. The molecule has 0 saturated heterocycles. The Morgan fingerprint density at radius 3 is 2.43 bits per heavy atom. The van der Waals surface area contributed by atoms with Crippen LogP contribution in [0.15, 0.2) is 12.7 Å². The van der Waals surface area contributed by atoms with E-state index in [-0.39, 0.29) is 31.8 Å². The summed E-state index contributed by atoms with van der Waals surface area (Å²) in [5.74, 6) is -0.484. The van der Waals surface area contributed by atoms with Gasteiger partial charge < -0.3 is 9.87 Å². The number of hydrogen-bond donors (Lipinski definition) is 1. The van der Waals surface area contributed by atoms with Crippen molar-refractivity contribution in [2.75, 3.05) is 6.54 Å². The Bertz CT molecular complexity index is 288. The van der Waals surface area contributed by atoms with Crippen LogP contribution in [0.3, 0.4) is 0 Å². The van der Waals surface area contributed by atoms with Gasteiger partial charge in [0.05, 0.1) is 15.4 Å². The summed E-state index contributed by atoms with van der Waals surface area (Å²) in [5, 5.41) is 1.19. The summed E-state index contributed by atoms with van der Waals surface area (Å²) in [6.45, 7) is 4.60. The molecule has 76 valence electrons. The Hall–Kier alpha value is -0.283. The summed E-state index contributed by atoms with van der Waals surface area (Å²) in [7, 11) is -4.32. The molecule has 0 aromatic carbocycles. The zero-order chi connectivity index (χ0) is 10.5. The Morgan fingerprint density at radius 1 is 1.64 bits per heavy atom. The van der Waals surface area contributed by atoms with Crippen molar-refractivity contribution in [3.05, 3.63) is 12.7 Å². The van der Waals surface area contributed by atoms with Crippen molar-refractivity contribution in [1.82, 2.24) is 5.32 Å². The monoisotopic (exact) mass is 213 g/mol. The van der Waals surface area contributed by atoms with Crippen LogP contribution in [0.5, 0.6) is 0 Å². The summed E-state index contributed by atoms with van der Waals surface area (Å²) in [6.07, 6.45) is 1.20. The maximum atomic E-state index is 10.6. The van der Waals surface area contributed by atoms with Gasteiger partial charge in [0.2, 0.25) is 5.91 Å². The minimum absolute atomic E-state index is 0. The topological polar surface area (TPSA) is 86.3 Å². The smallest absolute Gasteiger partial charge is 0.748 e. The van der Waals surface area contributed by atoms with Crippen molar-refractivity contribution in [3.63, 3.8) is 0 Å². The number of amides is 1. The molecular weight excluding hydrogens is 201 g/mol. The molecule has 0 saturated carbocycles. The second-order valence-corrected chi connectivity index (χ2v) is 4.12. The van der Waals surface area contributed by atoms with E-state index in [2.05, 4.69) is 11.9 Å². The standard InChI is InChI=1S/C7H13NO4S.Li/c1-3-6(13(10,11)12)5-8-7(9)4-2;/h4,6H,2-3,5H2,1H3,(H,8,9)(H,10,11,12);/q;+1/p-1. The van der Waals surface area contributed by atoms with Crippen LogP contribution in [0, 0.1) is 0 Å². The Morgan fingerprint density at radius 2 is 2.14 bits per heavy atom. The van der Waals surface area contributed by atoms with E-state index in [1.807, 2.05) is 0 Å². The number of carbonyl (C=O) groups is 1. The van der Waals surface area contributed by atoms with Crippen LogP contribution in [0.1, 0.15) is 13.3 Å². The summed E-state index contributed by atoms with van der Waals surface area (Å²) in [4.78, 5) is 10.6. The van der Waals surface area contributed by atoms with Gasteiger partial charge >= 0.3 is 18.9 Å². The minimum atomic E-state index is -4.32. The van der Waals surface area contributed by atoms with Gasteiger partial charge in [-0.05, 0) is 12.5 Å². The third-order valence-corrected chi connectivity index (χ3v) is 2.87. The molecule has 0 rings (SSSR count). The molecule has 1 amide bonds. The molecule has 0 radical (unpaired) electrons. The Labute approximate surface area is 95.9 Å². The first-order valence-corrected chi connectivity index (χ1v) is 5.24. The maximum Gasteiger partial charge on any atom is 1.00 e. The summed E-state index contributed by atoms with van der Waals surface area (Å²) in [5.41, 5.74) is 0. The fourth-order valence-electron chi connectivity index (χ4n) is 0.737. The van der Waals surface area contributed by atoms with Crippen LogP contribution >= 0.6 is 0 Å². The molecule has 1 unspecified atom stereocenters. The first-order valence-electron chi connectivity index (χ1n) is 3.76. The van der Waals surface area contributed by atoms with E-state index in [9.17, 15) is 17.8 Å². The molecule has 0 fully saturated rings. The summed E-state index contributed by atoms with van der Waals surface area (Å²) < 4.78 is 31.6. The van der Waals surface area contributed by atoms with E-state index in [1.165, 1.54) is 0 Å². The predicted molar refractivity (Wildman–Crippen MR) is 47.0 cm³/mol. The van der Waals surface area contributed by atoms with Gasteiger partial charge in [0.25, 0.3) is 0 Å². The van der Waals surface area contributed by atoms with Crippen molar-refractivity contribution in [2.45, 2.75) is 18.6 Å². The van der Waals surface area contributed by atoms with Crippen molar-refractivity contribution in [1.29, 1.82) is 0 Å². The average Bonchev–Trinajstić information content (AvgIpc) is 2.02. The molecule has 0 aliphatic carbocycles. The van der Waals surface area contributed by atoms with Crippen molar-refractivity contribution >= 4 is 16.0 Å². The molecule has 1 atom stereocenters. The van der Waals surface area contributed by atoms with Crippen molar-refractivity contribution in [2.24, 2.45) is 0 Å². The summed E-state index contributed by atoms with van der Waals surface area (Å²) >= 11 is 0. The van der Waals surface area contributed by atoms with E-state index in [1.54, 1.807) is 6.92 Å². The molecule has 1 N–H and O–H groups in total. The van der Waals surface area contributed by atoms with Gasteiger partial charge in [-0.15, -0.1) is 0 Å². The molecule has 14 heavy (non-hydrogen) atoms. The fourth-order valence-corrected chi connectivity index (χ4v) is 1.43.